The van der Waals surface area contributed by atoms with Gasteiger partial charge >= 0.3 is 0 Å². The van der Waals surface area contributed by atoms with Crippen LogP contribution in [0.4, 0.5) is 0 Å². The molecule has 5 nitrogen and oxygen atoms in total. The molecule has 0 saturated heterocycles. The van der Waals surface area contributed by atoms with Gasteiger partial charge in [0.05, 0.1) is 6.10 Å². The van der Waals surface area contributed by atoms with E-state index in [-0.39, 0.29) is 18.2 Å². The second kappa shape index (κ2) is 7.13. The molecule has 0 saturated carbocycles. The Labute approximate surface area is 110 Å². The largest absolute Gasteiger partial charge is 0.392 e. The molecule has 0 aliphatic rings. The zero-order valence-electron chi connectivity index (χ0n) is 10.5. The van der Waals surface area contributed by atoms with Crippen LogP contribution in [-0.2, 0) is 4.79 Å². The van der Waals surface area contributed by atoms with Crippen molar-refractivity contribution in [2.24, 2.45) is 0 Å². The number of aliphatic hydroxyl groups is 1. The maximum Gasteiger partial charge on any atom is 0.252 e. The van der Waals surface area contributed by atoms with Crippen LogP contribution in [-0.4, -0.2) is 48.1 Å². The zero-order chi connectivity index (χ0) is 13.5. The monoisotopic (exact) mass is 270 g/mol. The van der Waals surface area contributed by atoms with E-state index in [4.69, 9.17) is 5.11 Å². The molecule has 0 fully saturated rings. The van der Waals surface area contributed by atoms with Crippen LogP contribution in [0.1, 0.15) is 23.7 Å². The van der Waals surface area contributed by atoms with E-state index in [2.05, 4.69) is 5.32 Å². The molecule has 1 aromatic rings. The zero-order valence-corrected chi connectivity index (χ0v) is 11.4. The summed E-state index contributed by atoms with van der Waals surface area (Å²) in [6.45, 7) is 2.23. The summed E-state index contributed by atoms with van der Waals surface area (Å²) in [6, 6.07) is 1.74. The number of nitrogens with one attached hydrogen (secondary N) is 1. The third-order valence-corrected chi connectivity index (χ3v) is 3.05. The molecular weight excluding hydrogens is 252 g/mol. The first-order valence-electron chi connectivity index (χ1n) is 5.73. The lowest BCUT2D eigenvalue weighted by molar-refractivity contribution is -0.130. The maximum atomic E-state index is 11.6. The van der Waals surface area contributed by atoms with Gasteiger partial charge in [-0.2, -0.15) is 11.3 Å². The molecule has 1 aromatic heterocycles. The van der Waals surface area contributed by atoms with Crippen LogP contribution in [0.2, 0.25) is 0 Å². The van der Waals surface area contributed by atoms with Crippen LogP contribution in [0, 0.1) is 0 Å². The maximum absolute atomic E-state index is 11.6. The number of carbonyl (C=O) groups excluding carboxylic acids is 2. The summed E-state index contributed by atoms with van der Waals surface area (Å²) >= 11 is 1.46. The minimum absolute atomic E-state index is 0.0958. The van der Waals surface area contributed by atoms with E-state index < -0.39 is 6.10 Å². The lowest BCUT2D eigenvalue weighted by Crippen LogP contribution is -2.35. The second-order valence-electron chi connectivity index (χ2n) is 4.14. The fraction of sp³-hybridized carbons (Fsp3) is 0.500. The van der Waals surface area contributed by atoms with Crippen molar-refractivity contribution in [2.75, 3.05) is 20.1 Å². The number of hydrogen-bond donors (Lipinski definition) is 2. The van der Waals surface area contributed by atoms with Crippen molar-refractivity contribution in [3.63, 3.8) is 0 Å². The van der Waals surface area contributed by atoms with Crippen molar-refractivity contribution in [2.45, 2.75) is 19.4 Å². The highest BCUT2D eigenvalue weighted by atomic mass is 32.1. The summed E-state index contributed by atoms with van der Waals surface area (Å²) in [7, 11) is 1.63. The average Bonchev–Trinajstić information content (AvgIpc) is 2.81. The third-order valence-electron chi connectivity index (χ3n) is 2.37. The second-order valence-corrected chi connectivity index (χ2v) is 4.92. The van der Waals surface area contributed by atoms with Crippen LogP contribution in [0.5, 0.6) is 0 Å². The van der Waals surface area contributed by atoms with Gasteiger partial charge in [-0.25, -0.2) is 0 Å². The molecule has 1 rings (SSSR count). The normalized spacial score (nSPS) is 11.9. The van der Waals surface area contributed by atoms with E-state index in [1.165, 1.54) is 16.2 Å². The number of hydrogen-bond acceptors (Lipinski definition) is 4. The first-order valence-corrected chi connectivity index (χ1v) is 6.67. The Balaban J connectivity index is 2.25. The summed E-state index contributed by atoms with van der Waals surface area (Å²) in [6.07, 6.45) is -0.307. The molecule has 6 heteroatoms. The van der Waals surface area contributed by atoms with Gasteiger partial charge in [0.15, 0.2) is 0 Å². The van der Waals surface area contributed by atoms with Crippen LogP contribution < -0.4 is 5.32 Å². The van der Waals surface area contributed by atoms with E-state index in [0.29, 0.717) is 18.7 Å². The molecule has 0 aliphatic carbocycles. The Morgan fingerprint density at radius 3 is 2.83 bits per heavy atom. The fourth-order valence-corrected chi connectivity index (χ4v) is 2.10. The topological polar surface area (TPSA) is 69.6 Å². The van der Waals surface area contributed by atoms with Crippen molar-refractivity contribution in [1.82, 2.24) is 10.2 Å². The molecule has 0 spiro atoms. The molecule has 0 aromatic carbocycles. The minimum atomic E-state index is -0.542. The molecule has 2 N–H and O–H groups in total. The lowest BCUT2D eigenvalue weighted by atomic mass is 10.3. The molecule has 100 valence electrons. The van der Waals surface area contributed by atoms with Gasteiger partial charge in [-0.15, -0.1) is 0 Å². The molecule has 0 aliphatic heterocycles. The number of aliphatic hydroxyl groups excluding tert-OH is 1. The van der Waals surface area contributed by atoms with Crippen LogP contribution >= 0.6 is 11.3 Å². The first kappa shape index (κ1) is 14.7. The van der Waals surface area contributed by atoms with Crippen molar-refractivity contribution < 1.29 is 14.7 Å². The summed E-state index contributed by atoms with van der Waals surface area (Å²) < 4.78 is 0. The lowest BCUT2D eigenvalue weighted by Gasteiger charge is -2.18. The predicted octanol–water partition coefficient (Wildman–Crippen LogP) is 0.707. The van der Waals surface area contributed by atoms with E-state index in [1.807, 2.05) is 5.38 Å². The third kappa shape index (κ3) is 4.85. The molecule has 1 atom stereocenters. The van der Waals surface area contributed by atoms with Crippen LogP contribution in [0.3, 0.4) is 0 Å². The van der Waals surface area contributed by atoms with Gasteiger partial charge in [-0.05, 0) is 18.4 Å². The number of likely N-dealkylation sites (N-methyl/N-ethyl adjacent to an activating group) is 1. The Morgan fingerprint density at radius 2 is 2.28 bits per heavy atom. The molecule has 1 unspecified atom stereocenters. The smallest absolute Gasteiger partial charge is 0.252 e. The number of carbonyl (C=O) groups is 2. The Hall–Kier alpha value is -1.40. The van der Waals surface area contributed by atoms with Gasteiger partial charge in [-0.3, -0.25) is 9.59 Å². The predicted molar refractivity (Wildman–Crippen MR) is 70.6 cm³/mol. The van der Waals surface area contributed by atoms with Gasteiger partial charge in [-0.1, -0.05) is 0 Å². The summed E-state index contributed by atoms with van der Waals surface area (Å²) in [5.41, 5.74) is 0.616. The van der Waals surface area contributed by atoms with Gasteiger partial charge in [0.2, 0.25) is 5.91 Å². The molecule has 0 bridgehead atoms. The molecule has 1 heterocycles. The SMILES string of the molecule is CC(O)CN(C)C(=O)CCNC(=O)c1ccsc1. The van der Waals surface area contributed by atoms with Gasteiger partial charge in [0.25, 0.3) is 5.91 Å². The highest BCUT2D eigenvalue weighted by molar-refractivity contribution is 7.08. The molecule has 0 radical (unpaired) electrons. The molecule has 2 amide bonds. The summed E-state index contributed by atoms with van der Waals surface area (Å²) in [5, 5.41) is 15.4. The number of rotatable bonds is 6. The minimum Gasteiger partial charge on any atom is -0.392 e. The first-order chi connectivity index (χ1) is 8.50. The van der Waals surface area contributed by atoms with Gasteiger partial charge in [0.1, 0.15) is 0 Å². The Kier molecular flexibility index (Phi) is 5.80. The van der Waals surface area contributed by atoms with E-state index in [1.54, 1.807) is 25.4 Å². The van der Waals surface area contributed by atoms with E-state index in [9.17, 15) is 9.59 Å². The molecule has 18 heavy (non-hydrogen) atoms. The molecular formula is C12H18N2O3S. The Bertz CT molecular complexity index is 390. The average molecular weight is 270 g/mol. The van der Waals surface area contributed by atoms with Crippen molar-refractivity contribution in [1.29, 1.82) is 0 Å². The highest BCUT2D eigenvalue weighted by Crippen LogP contribution is 2.05. The number of nitrogens with zero attached hydrogens (tertiary/aromatic N) is 1. The quantitative estimate of drug-likeness (QED) is 0.799. The standard InChI is InChI=1S/C12H18N2O3S/c1-9(15)7-14(2)11(16)3-5-13-12(17)10-4-6-18-8-10/h4,6,8-9,15H,3,5,7H2,1-2H3,(H,13,17). The van der Waals surface area contributed by atoms with Crippen LogP contribution in [0.25, 0.3) is 0 Å². The van der Waals surface area contributed by atoms with E-state index in [0.717, 1.165) is 0 Å². The fourth-order valence-electron chi connectivity index (χ4n) is 1.47. The van der Waals surface area contributed by atoms with Crippen LogP contribution in [0.15, 0.2) is 16.8 Å². The van der Waals surface area contributed by atoms with Crippen molar-refractivity contribution in [3.05, 3.63) is 22.4 Å². The van der Waals surface area contributed by atoms with Gasteiger partial charge in [0, 0.05) is 37.5 Å². The Morgan fingerprint density at radius 1 is 1.56 bits per heavy atom. The van der Waals surface area contributed by atoms with Crippen molar-refractivity contribution >= 4 is 23.2 Å². The highest BCUT2D eigenvalue weighted by Gasteiger charge is 2.11. The summed E-state index contributed by atoms with van der Waals surface area (Å²) in [4.78, 5) is 24.6. The van der Waals surface area contributed by atoms with E-state index >= 15 is 0 Å². The number of thiophene rings is 1. The van der Waals surface area contributed by atoms with Crippen molar-refractivity contribution in [3.8, 4) is 0 Å². The summed E-state index contributed by atoms with van der Waals surface area (Å²) in [5.74, 6) is -0.260. The van der Waals surface area contributed by atoms with Gasteiger partial charge < -0.3 is 15.3 Å². The number of amides is 2.